The number of hydrogen-bond acceptors (Lipinski definition) is 2. The number of carbonyl (C=O) groups excluding carboxylic acids is 1. The van der Waals surface area contributed by atoms with Crippen molar-refractivity contribution in [3.8, 4) is 6.07 Å². The van der Waals surface area contributed by atoms with Gasteiger partial charge in [-0.2, -0.15) is 5.26 Å². The van der Waals surface area contributed by atoms with E-state index in [1.165, 1.54) is 0 Å². The van der Waals surface area contributed by atoms with Gasteiger partial charge >= 0.3 is 0 Å². The second kappa shape index (κ2) is 5.38. The second-order valence-corrected chi connectivity index (χ2v) is 3.61. The standard InChI is InChI=1S/C11H11ClN2O/c1-8(14-11(15)6-7-13)9-2-4-10(12)5-3-9/h2-5,8H,6H2,1H3,(H,14,15)/t8-/m1/s1. The predicted molar refractivity (Wildman–Crippen MR) is 58.2 cm³/mol. The molecule has 15 heavy (non-hydrogen) atoms. The number of nitriles is 1. The van der Waals surface area contributed by atoms with Crippen LogP contribution in [0.15, 0.2) is 24.3 Å². The van der Waals surface area contributed by atoms with E-state index in [1.54, 1.807) is 18.2 Å². The summed E-state index contributed by atoms with van der Waals surface area (Å²) in [7, 11) is 0. The van der Waals surface area contributed by atoms with Crippen molar-refractivity contribution in [2.45, 2.75) is 19.4 Å². The van der Waals surface area contributed by atoms with Gasteiger partial charge in [0.15, 0.2) is 0 Å². The minimum absolute atomic E-state index is 0.108. The molecule has 0 saturated heterocycles. The lowest BCUT2D eigenvalue weighted by Gasteiger charge is -2.13. The summed E-state index contributed by atoms with van der Waals surface area (Å²) in [6.45, 7) is 1.86. The zero-order valence-electron chi connectivity index (χ0n) is 8.33. The number of amides is 1. The molecule has 0 radical (unpaired) electrons. The van der Waals surface area contributed by atoms with Crippen molar-refractivity contribution in [3.63, 3.8) is 0 Å². The first-order valence-corrected chi connectivity index (χ1v) is 4.93. The summed E-state index contributed by atoms with van der Waals surface area (Å²) in [5.74, 6) is -0.264. The van der Waals surface area contributed by atoms with Crippen molar-refractivity contribution in [2.24, 2.45) is 0 Å². The zero-order chi connectivity index (χ0) is 11.3. The first-order chi connectivity index (χ1) is 7.13. The summed E-state index contributed by atoms with van der Waals surface area (Å²) in [6, 6.07) is 8.92. The van der Waals surface area contributed by atoms with Crippen LogP contribution in [0, 0.1) is 11.3 Å². The number of hydrogen-bond donors (Lipinski definition) is 1. The molecule has 0 fully saturated rings. The van der Waals surface area contributed by atoms with Crippen LogP contribution in [0.2, 0.25) is 5.02 Å². The van der Waals surface area contributed by atoms with Gasteiger partial charge in [0, 0.05) is 5.02 Å². The molecule has 0 unspecified atom stereocenters. The molecule has 0 aliphatic carbocycles. The molecule has 0 aliphatic heterocycles. The highest BCUT2D eigenvalue weighted by Crippen LogP contribution is 2.15. The van der Waals surface area contributed by atoms with Crippen LogP contribution in [0.25, 0.3) is 0 Å². The molecule has 0 spiro atoms. The summed E-state index contributed by atoms with van der Waals surface area (Å²) in [5.41, 5.74) is 0.964. The highest BCUT2D eigenvalue weighted by molar-refractivity contribution is 6.30. The Bertz CT molecular complexity index is 381. The Morgan fingerprint density at radius 2 is 2.13 bits per heavy atom. The highest BCUT2D eigenvalue weighted by Gasteiger charge is 2.08. The van der Waals surface area contributed by atoms with E-state index >= 15 is 0 Å². The van der Waals surface area contributed by atoms with E-state index in [2.05, 4.69) is 5.32 Å². The smallest absolute Gasteiger partial charge is 0.234 e. The molecule has 1 aromatic carbocycles. The average molecular weight is 223 g/mol. The Morgan fingerprint density at radius 3 is 2.67 bits per heavy atom. The second-order valence-electron chi connectivity index (χ2n) is 3.18. The van der Waals surface area contributed by atoms with Crippen LogP contribution >= 0.6 is 11.6 Å². The Labute approximate surface area is 93.7 Å². The third-order valence-corrected chi connectivity index (χ3v) is 2.24. The predicted octanol–water partition coefficient (Wildman–Crippen LogP) is 2.43. The fourth-order valence-electron chi connectivity index (χ4n) is 1.20. The molecule has 0 aliphatic rings. The summed E-state index contributed by atoms with van der Waals surface area (Å²) >= 11 is 5.74. The van der Waals surface area contributed by atoms with Crippen LogP contribution in [-0.4, -0.2) is 5.91 Å². The van der Waals surface area contributed by atoms with Gasteiger partial charge in [0.05, 0.1) is 12.1 Å². The average Bonchev–Trinajstić information content (AvgIpc) is 2.18. The Balaban J connectivity index is 2.61. The number of rotatable bonds is 3. The van der Waals surface area contributed by atoms with Crippen LogP contribution in [0.1, 0.15) is 24.9 Å². The molecule has 0 heterocycles. The maximum Gasteiger partial charge on any atom is 0.234 e. The zero-order valence-corrected chi connectivity index (χ0v) is 9.08. The van der Waals surface area contributed by atoms with E-state index in [4.69, 9.17) is 16.9 Å². The lowest BCUT2D eigenvalue weighted by molar-refractivity contribution is -0.120. The van der Waals surface area contributed by atoms with Gasteiger partial charge in [0.25, 0.3) is 0 Å². The van der Waals surface area contributed by atoms with E-state index in [0.717, 1.165) is 5.56 Å². The molecule has 78 valence electrons. The summed E-state index contributed by atoms with van der Waals surface area (Å²) < 4.78 is 0. The normalized spacial score (nSPS) is 11.5. The summed E-state index contributed by atoms with van der Waals surface area (Å²) in [6.07, 6.45) is -0.113. The Kier molecular flexibility index (Phi) is 4.14. The Hall–Kier alpha value is -1.53. The van der Waals surface area contributed by atoms with E-state index in [9.17, 15) is 4.79 Å². The highest BCUT2D eigenvalue weighted by atomic mass is 35.5. The van der Waals surface area contributed by atoms with Gasteiger partial charge in [-0.25, -0.2) is 0 Å². The SMILES string of the molecule is C[C@@H](NC(=O)CC#N)c1ccc(Cl)cc1. The topological polar surface area (TPSA) is 52.9 Å². The quantitative estimate of drug-likeness (QED) is 0.854. The molecule has 4 heteroatoms. The lowest BCUT2D eigenvalue weighted by Crippen LogP contribution is -2.25. The van der Waals surface area contributed by atoms with Gasteiger partial charge in [-0.1, -0.05) is 23.7 Å². The van der Waals surface area contributed by atoms with Crippen molar-refractivity contribution in [1.82, 2.24) is 5.32 Å². The third kappa shape index (κ3) is 3.61. The van der Waals surface area contributed by atoms with Gasteiger partial charge in [-0.05, 0) is 24.6 Å². The number of nitrogens with zero attached hydrogens (tertiary/aromatic N) is 1. The van der Waals surface area contributed by atoms with Crippen molar-refractivity contribution < 1.29 is 4.79 Å². The fourth-order valence-corrected chi connectivity index (χ4v) is 1.33. The van der Waals surface area contributed by atoms with Crippen LogP contribution in [0.5, 0.6) is 0 Å². The molecule has 1 aromatic rings. The van der Waals surface area contributed by atoms with Crippen LogP contribution < -0.4 is 5.32 Å². The summed E-state index contributed by atoms with van der Waals surface area (Å²) in [4.78, 5) is 11.1. The molecule has 1 N–H and O–H groups in total. The number of nitrogens with one attached hydrogen (secondary N) is 1. The van der Waals surface area contributed by atoms with Gasteiger partial charge in [0.2, 0.25) is 5.91 Å². The fraction of sp³-hybridized carbons (Fsp3) is 0.273. The van der Waals surface area contributed by atoms with Crippen LogP contribution in [0.3, 0.4) is 0 Å². The van der Waals surface area contributed by atoms with Gasteiger partial charge < -0.3 is 5.32 Å². The number of carbonyl (C=O) groups is 1. The van der Waals surface area contributed by atoms with Gasteiger partial charge in [0.1, 0.15) is 6.42 Å². The summed E-state index contributed by atoms with van der Waals surface area (Å²) in [5, 5.41) is 11.7. The molecular weight excluding hydrogens is 212 g/mol. The lowest BCUT2D eigenvalue weighted by atomic mass is 10.1. The minimum Gasteiger partial charge on any atom is -0.349 e. The number of benzene rings is 1. The third-order valence-electron chi connectivity index (χ3n) is 1.99. The first kappa shape index (κ1) is 11.5. The molecule has 1 rings (SSSR count). The van der Waals surface area contributed by atoms with E-state index < -0.39 is 0 Å². The van der Waals surface area contributed by atoms with Gasteiger partial charge in [-0.15, -0.1) is 0 Å². The molecule has 0 saturated carbocycles. The molecule has 1 amide bonds. The molecule has 0 aromatic heterocycles. The van der Waals surface area contributed by atoms with E-state index in [1.807, 2.05) is 19.1 Å². The van der Waals surface area contributed by atoms with E-state index in [-0.39, 0.29) is 18.4 Å². The van der Waals surface area contributed by atoms with Crippen LogP contribution in [-0.2, 0) is 4.79 Å². The molecule has 1 atom stereocenters. The molecule has 3 nitrogen and oxygen atoms in total. The largest absolute Gasteiger partial charge is 0.349 e. The van der Waals surface area contributed by atoms with E-state index in [0.29, 0.717) is 5.02 Å². The Morgan fingerprint density at radius 1 is 1.53 bits per heavy atom. The number of halogens is 1. The minimum atomic E-state index is -0.264. The van der Waals surface area contributed by atoms with Crippen LogP contribution in [0.4, 0.5) is 0 Å². The molecule has 0 bridgehead atoms. The molecular formula is C11H11ClN2O. The monoisotopic (exact) mass is 222 g/mol. The van der Waals surface area contributed by atoms with Crippen molar-refractivity contribution in [3.05, 3.63) is 34.9 Å². The first-order valence-electron chi connectivity index (χ1n) is 4.55. The van der Waals surface area contributed by atoms with Gasteiger partial charge in [-0.3, -0.25) is 4.79 Å². The maximum absolute atomic E-state index is 11.1. The van der Waals surface area contributed by atoms with Crippen molar-refractivity contribution in [1.29, 1.82) is 5.26 Å². The van der Waals surface area contributed by atoms with Crippen molar-refractivity contribution >= 4 is 17.5 Å². The van der Waals surface area contributed by atoms with Crippen molar-refractivity contribution in [2.75, 3.05) is 0 Å². The maximum atomic E-state index is 11.1.